The van der Waals surface area contributed by atoms with Crippen LogP contribution in [-0.2, 0) is 33.3 Å². The molecule has 0 spiro atoms. The number of rotatable bonds is 11. The number of Topliss-reactive ketones (excluding diaryl/α,β-unsaturated/α-hetero) is 1. The average Bonchev–Trinajstić information content (AvgIpc) is 3.18. The fraction of sp³-hybridized carbons (Fsp3) is 0.326. The summed E-state index contributed by atoms with van der Waals surface area (Å²) in [4.78, 5) is 74.2. The maximum Gasteiger partial charge on any atom is 0.338 e. The van der Waals surface area contributed by atoms with Crippen molar-refractivity contribution >= 4 is 29.7 Å². The Balaban J connectivity index is 1.45. The van der Waals surface area contributed by atoms with E-state index in [0.29, 0.717) is 0 Å². The molecule has 4 aromatic rings. The van der Waals surface area contributed by atoms with Crippen LogP contribution in [0.3, 0.4) is 0 Å². The molecule has 2 aliphatic rings. The van der Waals surface area contributed by atoms with Crippen molar-refractivity contribution in [2.75, 3.05) is 6.61 Å². The normalized spacial score (nSPS) is 23.2. The maximum absolute atomic E-state index is 13.9. The molecule has 0 N–H and O–H groups in total. The van der Waals surface area contributed by atoms with Crippen molar-refractivity contribution in [2.45, 2.75) is 82.3 Å². The Hall–Kier alpha value is -5.69. The third-order valence-electron chi connectivity index (χ3n) is 9.31. The second kappa shape index (κ2) is 16.8. The molecular formula is C43H43NO11. The molecule has 55 heavy (non-hydrogen) atoms. The number of carbonyl (C=O) groups is 5. The third-order valence-corrected chi connectivity index (χ3v) is 9.31. The number of carbonyl (C=O) groups excluding carboxylic acids is 5. The lowest BCUT2D eigenvalue weighted by Crippen LogP contribution is -2.67. The van der Waals surface area contributed by atoms with Gasteiger partial charge >= 0.3 is 23.9 Å². The van der Waals surface area contributed by atoms with Crippen molar-refractivity contribution in [3.63, 3.8) is 0 Å². The molecule has 0 bridgehead atoms. The van der Waals surface area contributed by atoms with Gasteiger partial charge in [0.25, 0.3) is 0 Å². The van der Waals surface area contributed by atoms with Gasteiger partial charge in [-0.05, 0) is 76.2 Å². The van der Waals surface area contributed by atoms with E-state index in [2.05, 4.69) is 0 Å². The topological polar surface area (TPSA) is 144 Å². The van der Waals surface area contributed by atoms with Crippen molar-refractivity contribution in [3.8, 4) is 0 Å². The number of ether oxygens (including phenoxy) is 5. The molecule has 0 amide bonds. The van der Waals surface area contributed by atoms with E-state index in [4.69, 9.17) is 28.5 Å². The van der Waals surface area contributed by atoms with E-state index in [1.54, 1.807) is 126 Å². The second-order valence-electron chi connectivity index (χ2n) is 14.6. The summed E-state index contributed by atoms with van der Waals surface area (Å²) >= 11 is 0. The van der Waals surface area contributed by atoms with Crippen molar-refractivity contribution in [1.82, 2.24) is 5.06 Å². The minimum absolute atomic E-state index is 0.0275. The molecule has 6 rings (SSSR count). The first-order valence-electron chi connectivity index (χ1n) is 18.0. The Bertz CT molecular complexity index is 1950. The quantitative estimate of drug-likeness (QED) is 0.124. The first kappa shape index (κ1) is 39.0. The lowest BCUT2D eigenvalue weighted by atomic mass is 9.81. The average molecular weight is 750 g/mol. The Kier molecular flexibility index (Phi) is 11.9. The number of hydroxylamine groups is 2. The van der Waals surface area contributed by atoms with Gasteiger partial charge in [0.05, 0.1) is 22.3 Å². The Morgan fingerprint density at radius 1 is 0.564 bits per heavy atom. The summed E-state index contributed by atoms with van der Waals surface area (Å²) in [6.45, 7) is 6.82. The van der Waals surface area contributed by atoms with Gasteiger partial charge in [0.15, 0.2) is 18.3 Å². The molecule has 0 aromatic heterocycles. The second-order valence-corrected chi connectivity index (χ2v) is 14.6. The minimum Gasteiger partial charge on any atom is -0.459 e. The molecule has 2 aliphatic heterocycles. The zero-order chi connectivity index (χ0) is 39.2. The predicted molar refractivity (Wildman–Crippen MR) is 198 cm³/mol. The standard InChI is InChI=1S/C43H43NO11/c1-42(2)25-32(45)26-43(3,4)44(42)55-41-36(54-40(49)31-23-15-8-16-24-31)35(53-39(48)30-21-13-7-14-22-30)34(52-38(47)29-19-11-6-12-20-29)33(51-41)27-50-37(46)28-17-9-5-10-18-28/h5-24,33-36,41H,25-27H2,1-4H3/t33-,34-,35+,36-,41?/m1/s1. The number of benzene rings is 4. The Morgan fingerprint density at radius 2 is 0.927 bits per heavy atom. The summed E-state index contributed by atoms with van der Waals surface area (Å²) in [6, 6.07) is 32.7. The SMILES string of the molecule is CC1(C)CC(=O)CC(C)(C)N1OC1O[C@H](COC(=O)c2ccccc2)[C@@H](OC(=O)c2ccccc2)[C@H](OC(=O)c2ccccc2)[C@H]1OC(=O)c1ccccc1. The lowest BCUT2D eigenvalue weighted by Gasteiger charge is -2.53. The summed E-state index contributed by atoms with van der Waals surface area (Å²) < 4.78 is 30.7. The summed E-state index contributed by atoms with van der Waals surface area (Å²) in [5.41, 5.74) is -0.983. The minimum atomic E-state index is -1.58. The molecule has 2 fully saturated rings. The molecule has 286 valence electrons. The van der Waals surface area contributed by atoms with Crippen LogP contribution in [0.1, 0.15) is 82.0 Å². The van der Waals surface area contributed by atoms with Gasteiger partial charge in [-0.15, -0.1) is 0 Å². The smallest absolute Gasteiger partial charge is 0.338 e. The number of nitrogens with zero attached hydrogens (tertiary/aromatic N) is 1. The van der Waals surface area contributed by atoms with Gasteiger partial charge in [-0.3, -0.25) is 9.63 Å². The zero-order valence-corrected chi connectivity index (χ0v) is 31.0. The van der Waals surface area contributed by atoms with E-state index in [0.717, 1.165) is 0 Å². The molecule has 12 heteroatoms. The van der Waals surface area contributed by atoms with Crippen LogP contribution < -0.4 is 0 Å². The van der Waals surface area contributed by atoms with E-state index in [1.807, 2.05) is 27.7 Å². The van der Waals surface area contributed by atoms with Gasteiger partial charge in [-0.2, -0.15) is 5.06 Å². The molecule has 12 nitrogen and oxygen atoms in total. The van der Waals surface area contributed by atoms with E-state index >= 15 is 0 Å². The molecular weight excluding hydrogens is 706 g/mol. The highest BCUT2D eigenvalue weighted by atomic mass is 16.8. The number of piperidine rings is 1. The number of hydrogen-bond acceptors (Lipinski definition) is 12. The highest BCUT2D eigenvalue weighted by Gasteiger charge is 2.56. The van der Waals surface area contributed by atoms with Crippen LogP contribution in [0.25, 0.3) is 0 Å². The van der Waals surface area contributed by atoms with Gasteiger partial charge in [0, 0.05) is 23.9 Å². The van der Waals surface area contributed by atoms with Gasteiger partial charge in [-0.25, -0.2) is 19.2 Å². The van der Waals surface area contributed by atoms with E-state index < -0.39 is 72.3 Å². The molecule has 1 unspecified atom stereocenters. The molecule has 5 atom stereocenters. The number of esters is 4. The molecule has 0 radical (unpaired) electrons. The Labute approximate surface area is 319 Å². The van der Waals surface area contributed by atoms with Crippen molar-refractivity contribution < 1.29 is 52.5 Å². The summed E-state index contributed by atoms with van der Waals surface area (Å²) in [5, 5.41) is 1.62. The largest absolute Gasteiger partial charge is 0.459 e. The monoisotopic (exact) mass is 749 g/mol. The van der Waals surface area contributed by atoms with Gasteiger partial charge < -0.3 is 23.7 Å². The van der Waals surface area contributed by atoms with Crippen molar-refractivity contribution in [3.05, 3.63) is 144 Å². The first-order valence-corrected chi connectivity index (χ1v) is 18.0. The van der Waals surface area contributed by atoms with Crippen LogP contribution in [0.4, 0.5) is 0 Å². The first-order chi connectivity index (χ1) is 26.3. The summed E-state index contributed by atoms with van der Waals surface area (Å²) in [7, 11) is 0. The summed E-state index contributed by atoms with van der Waals surface area (Å²) in [6.07, 6.45) is -7.26. The van der Waals surface area contributed by atoms with Crippen LogP contribution in [0, 0.1) is 0 Å². The van der Waals surface area contributed by atoms with Crippen molar-refractivity contribution in [1.29, 1.82) is 0 Å². The van der Waals surface area contributed by atoms with Crippen LogP contribution in [0.2, 0.25) is 0 Å². The molecule has 0 aliphatic carbocycles. The van der Waals surface area contributed by atoms with Gasteiger partial charge in [-0.1, -0.05) is 72.8 Å². The Morgan fingerprint density at radius 3 is 1.35 bits per heavy atom. The fourth-order valence-electron chi connectivity index (χ4n) is 6.99. The van der Waals surface area contributed by atoms with Crippen molar-refractivity contribution in [2.24, 2.45) is 0 Å². The van der Waals surface area contributed by atoms with E-state index in [-0.39, 0.29) is 40.9 Å². The van der Waals surface area contributed by atoms with Gasteiger partial charge in [0.2, 0.25) is 6.29 Å². The molecule has 2 saturated heterocycles. The molecule has 2 heterocycles. The maximum atomic E-state index is 13.9. The van der Waals surface area contributed by atoms with Crippen LogP contribution in [-0.4, -0.2) is 83.1 Å². The molecule has 4 aromatic carbocycles. The van der Waals surface area contributed by atoms with E-state index in [9.17, 15) is 24.0 Å². The third kappa shape index (κ3) is 9.34. The summed E-state index contributed by atoms with van der Waals surface area (Å²) in [5.74, 6) is -3.10. The van der Waals surface area contributed by atoms with Crippen LogP contribution in [0.15, 0.2) is 121 Å². The van der Waals surface area contributed by atoms with E-state index in [1.165, 1.54) is 0 Å². The highest BCUT2D eigenvalue weighted by molar-refractivity contribution is 5.91. The highest BCUT2D eigenvalue weighted by Crippen LogP contribution is 2.40. The number of hydrogen-bond donors (Lipinski definition) is 0. The van der Waals surface area contributed by atoms with Gasteiger partial charge in [0.1, 0.15) is 18.5 Å². The number of ketones is 1. The molecule has 0 saturated carbocycles. The predicted octanol–water partition coefficient (Wildman–Crippen LogP) is 6.40. The van der Waals surface area contributed by atoms with Crippen LogP contribution in [0.5, 0.6) is 0 Å². The zero-order valence-electron chi connectivity index (χ0n) is 31.0. The van der Waals surface area contributed by atoms with Crippen LogP contribution >= 0.6 is 0 Å². The fourth-order valence-corrected chi connectivity index (χ4v) is 6.99. The lowest BCUT2D eigenvalue weighted by molar-refractivity contribution is -0.396.